The molecule has 2 N–H and O–H groups in total. The number of nitrogens with zero attached hydrogens (tertiary/aromatic N) is 1. The predicted molar refractivity (Wildman–Crippen MR) is 74.1 cm³/mol. The number of rotatable bonds is 5. The van der Waals surface area contributed by atoms with Crippen molar-refractivity contribution in [2.45, 2.75) is 20.3 Å². The van der Waals surface area contributed by atoms with E-state index >= 15 is 0 Å². The second kappa shape index (κ2) is 5.16. The van der Waals surface area contributed by atoms with Crippen LogP contribution >= 0.6 is 0 Å². The second-order valence-electron chi connectivity index (χ2n) is 4.24. The van der Waals surface area contributed by atoms with E-state index in [0.717, 1.165) is 24.2 Å². The molecule has 100 valence electrons. The monoisotopic (exact) mass is 269 g/mol. The average Bonchev–Trinajstić information content (AvgIpc) is 2.76. The van der Waals surface area contributed by atoms with Gasteiger partial charge in [0.1, 0.15) is 0 Å². The standard InChI is InChI=1S/C12H19N3O2S/c1-3-15(4-2)18(16,17)14-11-5-6-12-10(9-11)7-8-13-12/h5-6,9,13-14H,3-4,7-8H2,1-2H3. The lowest BCUT2D eigenvalue weighted by Crippen LogP contribution is -2.35. The maximum atomic E-state index is 12.1. The first kappa shape index (κ1) is 13.2. The van der Waals surface area contributed by atoms with Gasteiger partial charge in [0.05, 0.1) is 5.69 Å². The van der Waals surface area contributed by atoms with Gasteiger partial charge in [0.15, 0.2) is 0 Å². The van der Waals surface area contributed by atoms with Crippen molar-refractivity contribution in [1.82, 2.24) is 4.31 Å². The van der Waals surface area contributed by atoms with Gasteiger partial charge in [-0.15, -0.1) is 0 Å². The van der Waals surface area contributed by atoms with Crippen LogP contribution in [0.15, 0.2) is 18.2 Å². The molecule has 0 fully saturated rings. The van der Waals surface area contributed by atoms with Crippen molar-refractivity contribution in [1.29, 1.82) is 0 Å². The molecule has 0 spiro atoms. The first-order chi connectivity index (χ1) is 8.56. The van der Waals surface area contributed by atoms with E-state index < -0.39 is 10.2 Å². The van der Waals surface area contributed by atoms with Crippen LogP contribution in [0.25, 0.3) is 0 Å². The van der Waals surface area contributed by atoms with Gasteiger partial charge in [-0.2, -0.15) is 12.7 Å². The van der Waals surface area contributed by atoms with E-state index in [0.29, 0.717) is 18.8 Å². The summed E-state index contributed by atoms with van der Waals surface area (Å²) < 4.78 is 28.1. The number of hydrogen-bond donors (Lipinski definition) is 2. The molecule has 0 amide bonds. The number of benzene rings is 1. The van der Waals surface area contributed by atoms with E-state index in [-0.39, 0.29) is 0 Å². The van der Waals surface area contributed by atoms with Crippen molar-refractivity contribution < 1.29 is 8.42 Å². The highest BCUT2D eigenvalue weighted by Gasteiger charge is 2.19. The molecular formula is C12H19N3O2S. The number of nitrogens with one attached hydrogen (secondary N) is 2. The van der Waals surface area contributed by atoms with Crippen molar-refractivity contribution in [3.63, 3.8) is 0 Å². The Labute approximate surface area is 108 Å². The minimum atomic E-state index is -3.43. The number of fused-ring (bicyclic) bond motifs is 1. The van der Waals surface area contributed by atoms with E-state index in [1.54, 1.807) is 6.07 Å². The molecule has 0 aliphatic carbocycles. The highest BCUT2D eigenvalue weighted by atomic mass is 32.2. The summed E-state index contributed by atoms with van der Waals surface area (Å²) in [6.07, 6.45) is 0.941. The fraction of sp³-hybridized carbons (Fsp3) is 0.500. The Balaban J connectivity index is 2.19. The van der Waals surface area contributed by atoms with Crippen molar-refractivity contribution in [2.24, 2.45) is 0 Å². The van der Waals surface area contributed by atoms with E-state index in [4.69, 9.17) is 0 Å². The Hall–Kier alpha value is -1.27. The van der Waals surface area contributed by atoms with Gasteiger partial charge in [-0.05, 0) is 30.2 Å². The first-order valence-electron chi connectivity index (χ1n) is 6.21. The number of hydrogen-bond acceptors (Lipinski definition) is 3. The lowest BCUT2D eigenvalue weighted by molar-refractivity contribution is 0.449. The molecule has 0 bridgehead atoms. The molecule has 0 unspecified atom stereocenters. The molecule has 2 rings (SSSR count). The molecule has 1 aliphatic heterocycles. The van der Waals surface area contributed by atoms with Gasteiger partial charge in [0.2, 0.25) is 0 Å². The first-order valence-corrected chi connectivity index (χ1v) is 7.65. The van der Waals surface area contributed by atoms with Crippen LogP contribution in [-0.2, 0) is 16.6 Å². The normalized spacial score (nSPS) is 14.4. The van der Waals surface area contributed by atoms with Crippen LogP contribution in [-0.4, -0.2) is 32.4 Å². The quantitative estimate of drug-likeness (QED) is 0.854. The molecule has 0 atom stereocenters. The Morgan fingerprint density at radius 2 is 2.06 bits per heavy atom. The third-order valence-electron chi connectivity index (χ3n) is 3.11. The SMILES string of the molecule is CCN(CC)S(=O)(=O)Nc1ccc2c(c1)CCN2. The van der Waals surface area contributed by atoms with Crippen molar-refractivity contribution >= 4 is 21.6 Å². The molecule has 1 heterocycles. The molecule has 1 aliphatic rings. The minimum absolute atomic E-state index is 0.471. The van der Waals surface area contributed by atoms with Crippen LogP contribution in [0.4, 0.5) is 11.4 Å². The topological polar surface area (TPSA) is 61.4 Å². The van der Waals surface area contributed by atoms with Gasteiger partial charge in [-0.1, -0.05) is 13.8 Å². The molecule has 1 aromatic rings. The van der Waals surface area contributed by atoms with Crippen molar-refractivity contribution in [3.05, 3.63) is 23.8 Å². The molecule has 1 aromatic carbocycles. The predicted octanol–water partition coefficient (Wildman–Crippen LogP) is 1.65. The van der Waals surface area contributed by atoms with Gasteiger partial charge in [0.25, 0.3) is 0 Å². The van der Waals surface area contributed by atoms with E-state index in [2.05, 4.69) is 10.0 Å². The largest absolute Gasteiger partial charge is 0.384 e. The smallest absolute Gasteiger partial charge is 0.301 e. The van der Waals surface area contributed by atoms with Crippen LogP contribution in [0, 0.1) is 0 Å². The highest BCUT2D eigenvalue weighted by Crippen LogP contribution is 2.25. The molecule has 18 heavy (non-hydrogen) atoms. The summed E-state index contributed by atoms with van der Waals surface area (Å²) in [5, 5.41) is 3.25. The van der Waals surface area contributed by atoms with Gasteiger partial charge >= 0.3 is 10.2 Å². The Bertz CT molecular complexity index is 524. The summed E-state index contributed by atoms with van der Waals surface area (Å²) in [4.78, 5) is 0. The molecule has 0 radical (unpaired) electrons. The van der Waals surface area contributed by atoms with Crippen LogP contribution in [0.3, 0.4) is 0 Å². The van der Waals surface area contributed by atoms with Crippen LogP contribution in [0.1, 0.15) is 19.4 Å². The van der Waals surface area contributed by atoms with Gasteiger partial charge in [0, 0.05) is 25.3 Å². The molecule has 0 saturated carbocycles. The van der Waals surface area contributed by atoms with Crippen LogP contribution < -0.4 is 10.0 Å². The summed E-state index contributed by atoms with van der Waals surface area (Å²) in [6, 6.07) is 5.61. The third kappa shape index (κ3) is 2.59. The molecule has 5 nitrogen and oxygen atoms in total. The lowest BCUT2D eigenvalue weighted by atomic mass is 10.1. The Morgan fingerprint density at radius 1 is 1.33 bits per heavy atom. The van der Waals surface area contributed by atoms with Gasteiger partial charge in [-0.25, -0.2) is 0 Å². The van der Waals surface area contributed by atoms with Crippen molar-refractivity contribution in [2.75, 3.05) is 29.7 Å². The summed E-state index contributed by atoms with van der Waals surface area (Å²) in [5.41, 5.74) is 2.89. The van der Waals surface area contributed by atoms with Gasteiger partial charge < -0.3 is 5.32 Å². The summed E-state index contributed by atoms with van der Waals surface area (Å²) in [7, 11) is -3.43. The lowest BCUT2D eigenvalue weighted by Gasteiger charge is -2.19. The zero-order valence-electron chi connectivity index (χ0n) is 10.7. The molecular weight excluding hydrogens is 250 g/mol. The maximum Gasteiger partial charge on any atom is 0.301 e. The average molecular weight is 269 g/mol. The fourth-order valence-corrected chi connectivity index (χ4v) is 3.38. The zero-order chi connectivity index (χ0) is 13.2. The van der Waals surface area contributed by atoms with E-state index in [1.807, 2.05) is 26.0 Å². The highest BCUT2D eigenvalue weighted by molar-refractivity contribution is 7.90. The van der Waals surface area contributed by atoms with Crippen molar-refractivity contribution in [3.8, 4) is 0 Å². The Morgan fingerprint density at radius 3 is 2.72 bits per heavy atom. The summed E-state index contributed by atoms with van der Waals surface area (Å²) >= 11 is 0. The van der Waals surface area contributed by atoms with Crippen LogP contribution in [0.2, 0.25) is 0 Å². The van der Waals surface area contributed by atoms with E-state index in [1.165, 1.54) is 4.31 Å². The van der Waals surface area contributed by atoms with Crippen LogP contribution in [0.5, 0.6) is 0 Å². The summed E-state index contributed by atoms with van der Waals surface area (Å²) in [5.74, 6) is 0. The third-order valence-corrected chi connectivity index (χ3v) is 4.80. The molecule has 0 aromatic heterocycles. The second-order valence-corrected chi connectivity index (χ2v) is 5.91. The zero-order valence-corrected chi connectivity index (χ0v) is 11.5. The minimum Gasteiger partial charge on any atom is -0.384 e. The molecule has 6 heteroatoms. The van der Waals surface area contributed by atoms with E-state index in [9.17, 15) is 8.42 Å². The fourth-order valence-electron chi connectivity index (χ4n) is 2.15. The molecule has 0 saturated heterocycles. The van der Waals surface area contributed by atoms with Gasteiger partial charge in [-0.3, -0.25) is 4.72 Å². The summed E-state index contributed by atoms with van der Waals surface area (Å²) in [6.45, 7) is 5.52. The number of anilines is 2. The Kier molecular flexibility index (Phi) is 3.77. The maximum absolute atomic E-state index is 12.1.